The van der Waals surface area contributed by atoms with Crippen LogP contribution in [0.2, 0.25) is 0 Å². The van der Waals surface area contributed by atoms with Crippen LogP contribution >= 0.6 is 0 Å². The largest absolute Gasteiger partial charge is 0.481 e. The van der Waals surface area contributed by atoms with Gasteiger partial charge in [-0.25, -0.2) is 8.42 Å². The van der Waals surface area contributed by atoms with Crippen molar-refractivity contribution in [2.45, 2.75) is 13.0 Å². The standard InChI is InChI=1S/C15H22N2O5S/c1-12(15(18)17-8-10-21-11-9-17)22-14-6-4-13(5-7-14)16(2)23(3,19)20/h4-7,12H,8-11H2,1-3H3/t12-/m0/s1. The highest BCUT2D eigenvalue weighted by molar-refractivity contribution is 7.92. The molecule has 0 bridgehead atoms. The van der Waals surface area contributed by atoms with Gasteiger partial charge in [0.2, 0.25) is 10.0 Å². The lowest BCUT2D eigenvalue weighted by atomic mass is 10.2. The van der Waals surface area contributed by atoms with Gasteiger partial charge in [0.15, 0.2) is 6.10 Å². The lowest BCUT2D eigenvalue weighted by Gasteiger charge is -2.29. The SMILES string of the molecule is C[C@H](Oc1ccc(N(C)S(C)(=O)=O)cc1)C(=O)N1CCOCC1. The summed E-state index contributed by atoms with van der Waals surface area (Å²) in [4.78, 5) is 14.0. The summed E-state index contributed by atoms with van der Waals surface area (Å²) in [6.07, 6.45) is 0.534. The van der Waals surface area contributed by atoms with E-state index in [9.17, 15) is 13.2 Å². The second kappa shape index (κ2) is 7.18. The van der Waals surface area contributed by atoms with E-state index in [0.29, 0.717) is 37.7 Å². The third-order valence-electron chi connectivity index (χ3n) is 3.68. The number of hydrogen-bond donors (Lipinski definition) is 0. The molecule has 1 heterocycles. The molecule has 1 aromatic rings. The minimum atomic E-state index is -3.30. The summed E-state index contributed by atoms with van der Waals surface area (Å²) in [6.45, 7) is 3.94. The first-order valence-corrected chi connectivity index (χ1v) is 9.21. The fourth-order valence-electron chi connectivity index (χ4n) is 2.22. The normalized spacial score (nSPS) is 16.7. The van der Waals surface area contributed by atoms with Crippen molar-refractivity contribution < 1.29 is 22.7 Å². The van der Waals surface area contributed by atoms with Gasteiger partial charge >= 0.3 is 0 Å². The number of anilines is 1. The zero-order valence-electron chi connectivity index (χ0n) is 13.6. The van der Waals surface area contributed by atoms with Crippen LogP contribution in [0, 0.1) is 0 Å². The first-order valence-electron chi connectivity index (χ1n) is 7.36. The Hall–Kier alpha value is -1.80. The molecule has 0 N–H and O–H groups in total. The topological polar surface area (TPSA) is 76.2 Å². The number of ether oxygens (including phenoxy) is 2. The van der Waals surface area contributed by atoms with Gasteiger partial charge in [0.05, 0.1) is 25.2 Å². The fraction of sp³-hybridized carbons (Fsp3) is 0.533. The molecule has 1 aromatic carbocycles. The molecule has 2 rings (SSSR count). The first kappa shape index (κ1) is 17.6. The number of carbonyl (C=O) groups excluding carboxylic acids is 1. The van der Waals surface area contributed by atoms with Crippen molar-refractivity contribution in [3.8, 4) is 5.75 Å². The average Bonchev–Trinajstić information content (AvgIpc) is 2.54. The molecule has 1 atom stereocenters. The van der Waals surface area contributed by atoms with E-state index >= 15 is 0 Å². The Morgan fingerprint density at radius 3 is 2.35 bits per heavy atom. The van der Waals surface area contributed by atoms with Gasteiger partial charge in [-0.2, -0.15) is 0 Å². The van der Waals surface area contributed by atoms with E-state index in [2.05, 4.69) is 0 Å². The monoisotopic (exact) mass is 342 g/mol. The van der Waals surface area contributed by atoms with Crippen molar-refractivity contribution >= 4 is 21.6 Å². The lowest BCUT2D eigenvalue weighted by molar-refractivity contribution is -0.142. The predicted octanol–water partition coefficient (Wildman–Crippen LogP) is 0.708. The van der Waals surface area contributed by atoms with Crippen molar-refractivity contribution in [1.29, 1.82) is 0 Å². The highest BCUT2D eigenvalue weighted by atomic mass is 32.2. The summed E-state index contributed by atoms with van der Waals surface area (Å²) in [7, 11) is -1.82. The highest BCUT2D eigenvalue weighted by Gasteiger charge is 2.23. The molecular formula is C15H22N2O5S. The van der Waals surface area contributed by atoms with Crippen molar-refractivity contribution in [3.63, 3.8) is 0 Å². The molecule has 128 valence electrons. The molecule has 0 spiro atoms. The summed E-state index contributed by atoms with van der Waals surface area (Å²) in [6, 6.07) is 6.59. The number of nitrogens with zero attached hydrogens (tertiary/aromatic N) is 2. The van der Waals surface area contributed by atoms with Crippen LogP contribution in [0.3, 0.4) is 0 Å². The van der Waals surface area contributed by atoms with Crippen molar-refractivity contribution in [2.75, 3.05) is 43.9 Å². The minimum absolute atomic E-state index is 0.0781. The Morgan fingerprint density at radius 2 is 1.83 bits per heavy atom. The quantitative estimate of drug-likeness (QED) is 0.788. The first-order chi connectivity index (χ1) is 10.8. The summed E-state index contributed by atoms with van der Waals surface area (Å²) in [5, 5.41) is 0. The second-order valence-electron chi connectivity index (χ2n) is 5.42. The third kappa shape index (κ3) is 4.59. The van der Waals surface area contributed by atoms with Gasteiger partial charge in [-0.15, -0.1) is 0 Å². The van der Waals surface area contributed by atoms with E-state index in [-0.39, 0.29) is 5.91 Å². The van der Waals surface area contributed by atoms with Gasteiger partial charge in [0.25, 0.3) is 5.91 Å². The van der Waals surface area contributed by atoms with E-state index in [0.717, 1.165) is 6.26 Å². The Bertz CT molecular complexity index is 638. The van der Waals surface area contributed by atoms with Crippen molar-refractivity contribution in [3.05, 3.63) is 24.3 Å². The molecule has 1 amide bonds. The zero-order chi connectivity index (χ0) is 17.0. The smallest absolute Gasteiger partial charge is 0.263 e. The van der Waals surface area contributed by atoms with Gasteiger partial charge in [-0.1, -0.05) is 0 Å². The molecule has 0 aliphatic carbocycles. The predicted molar refractivity (Wildman–Crippen MR) is 87.2 cm³/mol. The number of benzene rings is 1. The van der Waals surface area contributed by atoms with Crippen LogP contribution in [-0.4, -0.2) is 64.9 Å². The second-order valence-corrected chi connectivity index (χ2v) is 7.44. The van der Waals surface area contributed by atoms with Gasteiger partial charge in [-0.3, -0.25) is 9.10 Å². The molecule has 1 saturated heterocycles. The molecule has 1 fully saturated rings. The summed E-state index contributed by atoms with van der Waals surface area (Å²) in [5.74, 6) is 0.440. The van der Waals surface area contributed by atoms with Crippen molar-refractivity contribution in [2.24, 2.45) is 0 Å². The molecule has 0 saturated carbocycles. The molecule has 1 aliphatic rings. The van der Waals surface area contributed by atoms with Gasteiger partial charge in [-0.05, 0) is 31.2 Å². The zero-order valence-corrected chi connectivity index (χ0v) is 14.4. The highest BCUT2D eigenvalue weighted by Crippen LogP contribution is 2.21. The van der Waals surface area contributed by atoms with Gasteiger partial charge in [0, 0.05) is 20.1 Å². The number of morpholine rings is 1. The maximum Gasteiger partial charge on any atom is 0.263 e. The van der Waals surface area contributed by atoms with E-state index in [4.69, 9.17) is 9.47 Å². The van der Waals surface area contributed by atoms with Crippen LogP contribution in [0.25, 0.3) is 0 Å². The van der Waals surface area contributed by atoms with Gasteiger partial charge in [0.1, 0.15) is 5.75 Å². The Balaban J connectivity index is 1.98. The third-order valence-corrected chi connectivity index (χ3v) is 4.89. The fourth-order valence-corrected chi connectivity index (χ4v) is 2.73. The van der Waals surface area contributed by atoms with Crippen molar-refractivity contribution in [1.82, 2.24) is 4.90 Å². The maximum absolute atomic E-state index is 12.3. The Morgan fingerprint density at radius 1 is 1.26 bits per heavy atom. The molecule has 7 nitrogen and oxygen atoms in total. The van der Waals surface area contributed by atoms with Crippen LogP contribution in [0.5, 0.6) is 5.75 Å². The van der Waals surface area contributed by atoms with E-state index in [1.807, 2.05) is 0 Å². The molecule has 0 radical (unpaired) electrons. The van der Waals surface area contributed by atoms with E-state index in [1.165, 1.54) is 11.4 Å². The molecular weight excluding hydrogens is 320 g/mol. The van der Waals surface area contributed by atoms with Crippen LogP contribution in [-0.2, 0) is 19.6 Å². The summed E-state index contributed by atoms with van der Waals surface area (Å²) < 4.78 is 35.0. The Labute approximate surface area is 136 Å². The average molecular weight is 342 g/mol. The number of amides is 1. The minimum Gasteiger partial charge on any atom is -0.481 e. The summed E-state index contributed by atoms with van der Waals surface area (Å²) in [5.41, 5.74) is 0.534. The van der Waals surface area contributed by atoms with Crippen LogP contribution in [0.1, 0.15) is 6.92 Å². The molecule has 23 heavy (non-hydrogen) atoms. The van der Waals surface area contributed by atoms with Crippen LogP contribution in [0.4, 0.5) is 5.69 Å². The molecule has 1 aliphatic heterocycles. The van der Waals surface area contributed by atoms with Crippen LogP contribution < -0.4 is 9.04 Å². The Kier molecular flexibility index (Phi) is 5.48. The van der Waals surface area contributed by atoms with E-state index in [1.54, 1.807) is 36.1 Å². The number of rotatable bonds is 5. The maximum atomic E-state index is 12.3. The summed E-state index contributed by atoms with van der Waals surface area (Å²) >= 11 is 0. The number of carbonyl (C=O) groups is 1. The lowest BCUT2D eigenvalue weighted by Crippen LogP contribution is -2.46. The van der Waals surface area contributed by atoms with Gasteiger partial charge < -0.3 is 14.4 Å². The van der Waals surface area contributed by atoms with E-state index < -0.39 is 16.1 Å². The number of hydrogen-bond acceptors (Lipinski definition) is 5. The number of sulfonamides is 1. The van der Waals surface area contributed by atoms with Crippen LogP contribution in [0.15, 0.2) is 24.3 Å². The molecule has 8 heteroatoms. The molecule has 0 unspecified atom stereocenters. The molecule has 0 aromatic heterocycles.